The number of nitrogens with one attached hydrogen (secondary N) is 2. The van der Waals surface area contributed by atoms with E-state index in [-0.39, 0.29) is 24.2 Å². The number of rotatable bonds is 5. The molecule has 2 heterocycles. The highest BCUT2D eigenvalue weighted by Crippen LogP contribution is 2.22. The molecule has 0 saturated carbocycles. The van der Waals surface area contributed by atoms with Crippen molar-refractivity contribution in [2.75, 3.05) is 20.2 Å². The summed E-state index contributed by atoms with van der Waals surface area (Å²) in [5, 5.41) is 10.7. The molecule has 6 nitrogen and oxygen atoms in total. The molecule has 1 aliphatic heterocycles. The van der Waals surface area contributed by atoms with Gasteiger partial charge in [0, 0.05) is 19.5 Å². The van der Waals surface area contributed by atoms with Crippen LogP contribution in [0.3, 0.4) is 0 Å². The fraction of sp³-hybridized carbons (Fsp3) is 0.714. The van der Waals surface area contributed by atoms with E-state index in [9.17, 15) is 4.79 Å². The number of piperidine rings is 1. The summed E-state index contributed by atoms with van der Waals surface area (Å²) in [6.45, 7) is 4.39. The molecular formula is C14H25ClN4O2. The molecule has 1 fully saturated rings. The summed E-state index contributed by atoms with van der Waals surface area (Å²) in [4.78, 5) is 12.2. The van der Waals surface area contributed by atoms with Crippen LogP contribution in [0.2, 0.25) is 0 Å². The standard InChI is InChI=1S/C14H24N4O2.ClH/c1-4-12-11(14(20-3)18(2)17-12)9-16-13(19)10-5-7-15-8-6-10;/h10,15H,4-9H2,1-3H3,(H,16,19);1H. The number of hydrogen-bond donors (Lipinski definition) is 2. The minimum atomic E-state index is 0. The Kier molecular flexibility index (Phi) is 6.98. The average Bonchev–Trinajstić information content (AvgIpc) is 2.80. The number of halogens is 1. The van der Waals surface area contributed by atoms with Crippen molar-refractivity contribution in [1.29, 1.82) is 0 Å². The number of aromatic nitrogens is 2. The van der Waals surface area contributed by atoms with Gasteiger partial charge >= 0.3 is 0 Å². The van der Waals surface area contributed by atoms with E-state index in [1.807, 2.05) is 7.05 Å². The molecule has 0 unspecified atom stereocenters. The summed E-state index contributed by atoms with van der Waals surface area (Å²) >= 11 is 0. The first kappa shape index (κ1) is 17.8. The van der Waals surface area contributed by atoms with E-state index in [2.05, 4.69) is 22.7 Å². The summed E-state index contributed by atoms with van der Waals surface area (Å²) < 4.78 is 7.10. The second-order valence-corrected chi connectivity index (χ2v) is 5.15. The van der Waals surface area contributed by atoms with Gasteiger partial charge in [-0.25, -0.2) is 4.68 Å². The smallest absolute Gasteiger partial charge is 0.223 e. The van der Waals surface area contributed by atoms with Crippen LogP contribution in [-0.4, -0.2) is 35.9 Å². The number of aryl methyl sites for hydroxylation is 2. The molecule has 7 heteroatoms. The van der Waals surface area contributed by atoms with E-state index >= 15 is 0 Å². The van der Waals surface area contributed by atoms with Crippen molar-refractivity contribution < 1.29 is 9.53 Å². The molecule has 0 aromatic carbocycles. The van der Waals surface area contributed by atoms with Gasteiger partial charge in [-0.1, -0.05) is 6.92 Å². The van der Waals surface area contributed by atoms with Crippen molar-refractivity contribution in [3.8, 4) is 5.88 Å². The highest BCUT2D eigenvalue weighted by molar-refractivity contribution is 5.85. The Hall–Kier alpha value is -1.27. The molecule has 0 radical (unpaired) electrons. The number of nitrogens with zero attached hydrogens (tertiary/aromatic N) is 2. The lowest BCUT2D eigenvalue weighted by molar-refractivity contribution is -0.125. The van der Waals surface area contributed by atoms with Crippen molar-refractivity contribution in [1.82, 2.24) is 20.4 Å². The maximum Gasteiger partial charge on any atom is 0.223 e. The molecule has 1 saturated heterocycles. The van der Waals surface area contributed by atoms with E-state index in [1.54, 1.807) is 11.8 Å². The molecule has 1 aromatic heterocycles. The second-order valence-electron chi connectivity index (χ2n) is 5.15. The number of ether oxygens (including phenoxy) is 1. The van der Waals surface area contributed by atoms with Crippen LogP contribution < -0.4 is 15.4 Å². The molecule has 1 aromatic rings. The number of carbonyl (C=O) groups excluding carboxylic acids is 1. The molecule has 1 amide bonds. The van der Waals surface area contributed by atoms with Gasteiger partial charge in [-0.3, -0.25) is 4.79 Å². The SMILES string of the molecule is CCc1nn(C)c(OC)c1CNC(=O)C1CCNCC1.Cl. The zero-order chi connectivity index (χ0) is 14.5. The summed E-state index contributed by atoms with van der Waals surface area (Å²) in [6.07, 6.45) is 2.66. The maximum atomic E-state index is 12.2. The van der Waals surface area contributed by atoms with E-state index in [0.29, 0.717) is 6.54 Å². The van der Waals surface area contributed by atoms with Gasteiger partial charge < -0.3 is 15.4 Å². The Morgan fingerprint density at radius 3 is 2.71 bits per heavy atom. The van der Waals surface area contributed by atoms with Crippen LogP contribution in [0, 0.1) is 5.92 Å². The van der Waals surface area contributed by atoms with Crippen LogP contribution in [0.4, 0.5) is 0 Å². The first-order valence-corrected chi connectivity index (χ1v) is 7.24. The van der Waals surface area contributed by atoms with E-state index in [4.69, 9.17) is 4.74 Å². The maximum absolute atomic E-state index is 12.2. The number of carbonyl (C=O) groups is 1. The van der Waals surface area contributed by atoms with Gasteiger partial charge in [0.05, 0.1) is 18.4 Å². The third-order valence-electron chi connectivity index (χ3n) is 3.85. The number of hydrogen-bond acceptors (Lipinski definition) is 4. The zero-order valence-electron chi connectivity index (χ0n) is 12.9. The largest absolute Gasteiger partial charge is 0.481 e. The Morgan fingerprint density at radius 1 is 1.48 bits per heavy atom. The first-order valence-electron chi connectivity index (χ1n) is 7.24. The summed E-state index contributed by atoms with van der Waals surface area (Å²) in [7, 11) is 3.49. The summed E-state index contributed by atoms with van der Waals surface area (Å²) in [5.74, 6) is 0.996. The van der Waals surface area contributed by atoms with E-state index in [0.717, 1.165) is 49.5 Å². The fourth-order valence-electron chi connectivity index (χ4n) is 2.73. The Balaban J connectivity index is 0.00000220. The second kappa shape index (κ2) is 8.24. The Labute approximate surface area is 132 Å². The first-order chi connectivity index (χ1) is 9.67. The van der Waals surface area contributed by atoms with Crippen LogP contribution in [-0.2, 0) is 24.8 Å². The Bertz CT molecular complexity index is 470. The van der Waals surface area contributed by atoms with Gasteiger partial charge in [-0.05, 0) is 32.4 Å². The highest BCUT2D eigenvalue weighted by atomic mass is 35.5. The van der Waals surface area contributed by atoms with Crippen molar-refractivity contribution in [2.45, 2.75) is 32.7 Å². The van der Waals surface area contributed by atoms with Crippen LogP contribution in [0.25, 0.3) is 0 Å². The molecule has 0 atom stereocenters. The normalized spacial score (nSPS) is 15.4. The van der Waals surface area contributed by atoms with Crippen molar-refractivity contribution in [2.24, 2.45) is 13.0 Å². The third-order valence-corrected chi connectivity index (χ3v) is 3.85. The molecule has 0 bridgehead atoms. The van der Waals surface area contributed by atoms with E-state index in [1.165, 1.54) is 0 Å². The molecular weight excluding hydrogens is 292 g/mol. The quantitative estimate of drug-likeness (QED) is 0.851. The summed E-state index contributed by atoms with van der Waals surface area (Å²) in [5.41, 5.74) is 1.97. The van der Waals surface area contributed by atoms with Crippen LogP contribution in [0.5, 0.6) is 5.88 Å². The average molecular weight is 317 g/mol. The lowest BCUT2D eigenvalue weighted by atomic mass is 9.97. The van der Waals surface area contributed by atoms with Gasteiger partial charge in [-0.2, -0.15) is 5.10 Å². The highest BCUT2D eigenvalue weighted by Gasteiger charge is 2.22. The van der Waals surface area contributed by atoms with Crippen molar-refractivity contribution in [3.05, 3.63) is 11.3 Å². The molecule has 0 spiro atoms. The number of amides is 1. The zero-order valence-corrected chi connectivity index (χ0v) is 13.8. The van der Waals surface area contributed by atoms with E-state index < -0.39 is 0 Å². The molecule has 0 aliphatic carbocycles. The van der Waals surface area contributed by atoms with Gasteiger partial charge in [-0.15, -0.1) is 12.4 Å². The van der Waals surface area contributed by atoms with Gasteiger partial charge in [0.25, 0.3) is 0 Å². The summed E-state index contributed by atoms with van der Waals surface area (Å²) in [6, 6.07) is 0. The third kappa shape index (κ3) is 4.11. The fourth-order valence-corrected chi connectivity index (χ4v) is 2.73. The van der Waals surface area contributed by atoms with Crippen molar-refractivity contribution in [3.63, 3.8) is 0 Å². The van der Waals surface area contributed by atoms with Gasteiger partial charge in [0.15, 0.2) is 0 Å². The molecule has 120 valence electrons. The molecule has 2 rings (SSSR count). The van der Waals surface area contributed by atoms with Crippen LogP contribution in [0.15, 0.2) is 0 Å². The molecule has 2 N–H and O–H groups in total. The molecule has 1 aliphatic rings. The van der Waals surface area contributed by atoms with Crippen LogP contribution >= 0.6 is 12.4 Å². The Morgan fingerprint density at radius 2 is 2.14 bits per heavy atom. The lowest BCUT2D eigenvalue weighted by Crippen LogP contribution is -2.38. The predicted octanol–water partition coefficient (Wildman–Crippen LogP) is 1.03. The van der Waals surface area contributed by atoms with Crippen LogP contribution in [0.1, 0.15) is 31.0 Å². The topological polar surface area (TPSA) is 68.2 Å². The van der Waals surface area contributed by atoms with Crippen molar-refractivity contribution >= 4 is 18.3 Å². The van der Waals surface area contributed by atoms with Gasteiger partial charge in [0.1, 0.15) is 0 Å². The minimum Gasteiger partial charge on any atom is -0.481 e. The predicted molar refractivity (Wildman–Crippen MR) is 83.8 cm³/mol. The van der Waals surface area contributed by atoms with Gasteiger partial charge in [0.2, 0.25) is 11.8 Å². The monoisotopic (exact) mass is 316 g/mol. The molecule has 21 heavy (non-hydrogen) atoms. The lowest BCUT2D eigenvalue weighted by Gasteiger charge is -2.21. The number of methoxy groups -OCH3 is 1. The minimum absolute atomic E-state index is 0.